The molecular formula is C14H21FN2O. The van der Waals surface area contributed by atoms with Crippen LogP contribution in [-0.4, -0.2) is 24.4 Å². The van der Waals surface area contributed by atoms with Gasteiger partial charge in [0.2, 0.25) is 5.91 Å². The maximum atomic E-state index is 13.1. The Hall–Kier alpha value is -1.42. The molecule has 3 nitrogen and oxygen atoms in total. The molecule has 0 aliphatic heterocycles. The van der Waals surface area contributed by atoms with Crippen LogP contribution in [0.1, 0.15) is 25.0 Å². The van der Waals surface area contributed by atoms with Gasteiger partial charge < -0.3 is 10.6 Å². The molecule has 0 saturated carbocycles. The average Bonchev–Trinajstić information content (AvgIpc) is 2.32. The van der Waals surface area contributed by atoms with Crippen molar-refractivity contribution in [1.82, 2.24) is 4.90 Å². The highest BCUT2D eigenvalue weighted by Crippen LogP contribution is 2.18. The lowest BCUT2D eigenvalue weighted by Gasteiger charge is -2.28. The van der Waals surface area contributed by atoms with Gasteiger partial charge in [-0.15, -0.1) is 0 Å². The van der Waals surface area contributed by atoms with E-state index in [1.54, 1.807) is 31.0 Å². The number of aryl methyl sites for hydroxylation is 1. The van der Waals surface area contributed by atoms with Crippen molar-refractivity contribution in [2.75, 3.05) is 13.6 Å². The molecule has 0 aliphatic carbocycles. The largest absolute Gasteiger partial charge is 0.341 e. The van der Waals surface area contributed by atoms with Gasteiger partial charge >= 0.3 is 0 Å². The molecule has 0 fully saturated rings. The number of benzene rings is 1. The third-order valence-corrected chi connectivity index (χ3v) is 3.08. The lowest BCUT2D eigenvalue weighted by molar-refractivity contribution is -0.139. The first-order valence-corrected chi connectivity index (χ1v) is 5.98. The summed E-state index contributed by atoms with van der Waals surface area (Å²) in [4.78, 5) is 13.7. The summed E-state index contributed by atoms with van der Waals surface area (Å²) in [6.45, 7) is 6.12. The SMILES string of the molecule is Cc1cc(CN(C)C(=O)C(C)(C)CN)ccc1F. The summed E-state index contributed by atoms with van der Waals surface area (Å²) in [6, 6.07) is 4.88. The highest BCUT2D eigenvalue weighted by molar-refractivity contribution is 5.81. The second-order valence-corrected chi connectivity index (χ2v) is 5.33. The van der Waals surface area contributed by atoms with E-state index in [1.807, 2.05) is 13.8 Å². The standard InChI is InChI=1S/C14H21FN2O/c1-10-7-11(5-6-12(10)15)8-17(4)13(18)14(2,3)9-16/h5-7H,8-9,16H2,1-4H3. The van der Waals surface area contributed by atoms with Crippen molar-refractivity contribution in [2.45, 2.75) is 27.3 Å². The van der Waals surface area contributed by atoms with Gasteiger partial charge in [-0.25, -0.2) is 4.39 Å². The fourth-order valence-corrected chi connectivity index (χ4v) is 1.75. The number of rotatable bonds is 4. The number of carbonyl (C=O) groups excluding carboxylic acids is 1. The maximum absolute atomic E-state index is 13.1. The molecular weight excluding hydrogens is 231 g/mol. The van der Waals surface area contributed by atoms with Crippen LogP contribution in [0.25, 0.3) is 0 Å². The zero-order valence-electron chi connectivity index (χ0n) is 11.5. The van der Waals surface area contributed by atoms with Crippen molar-refractivity contribution >= 4 is 5.91 Å². The van der Waals surface area contributed by atoms with Crippen LogP contribution in [-0.2, 0) is 11.3 Å². The molecule has 4 heteroatoms. The van der Waals surface area contributed by atoms with Gasteiger partial charge in [-0.1, -0.05) is 12.1 Å². The van der Waals surface area contributed by atoms with Gasteiger partial charge in [0.05, 0.1) is 5.41 Å². The Bertz CT molecular complexity index is 443. The van der Waals surface area contributed by atoms with Crippen molar-refractivity contribution in [1.29, 1.82) is 0 Å². The quantitative estimate of drug-likeness (QED) is 0.891. The molecule has 1 aromatic rings. The third kappa shape index (κ3) is 3.29. The van der Waals surface area contributed by atoms with Crippen molar-refractivity contribution in [3.63, 3.8) is 0 Å². The van der Waals surface area contributed by atoms with Crippen LogP contribution in [0.3, 0.4) is 0 Å². The molecule has 0 spiro atoms. The summed E-state index contributed by atoms with van der Waals surface area (Å²) in [5.74, 6) is -0.234. The van der Waals surface area contributed by atoms with Gasteiger partial charge in [0.25, 0.3) is 0 Å². The Morgan fingerprint density at radius 2 is 2.06 bits per heavy atom. The topological polar surface area (TPSA) is 46.3 Å². The first-order valence-electron chi connectivity index (χ1n) is 5.98. The lowest BCUT2D eigenvalue weighted by atomic mass is 9.92. The maximum Gasteiger partial charge on any atom is 0.229 e. The monoisotopic (exact) mass is 252 g/mol. The molecule has 0 saturated heterocycles. The minimum Gasteiger partial charge on any atom is -0.341 e. The van der Waals surface area contributed by atoms with E-state index in [0.29, 0.717) is 18.7 Å². The Morgan fingerprint density at radius 1 is 1.44 bits per heavy atom. The fourth-order valence-electron chi connectivity index (χ4n) is 1.75. The van der Waals surface area contributed by atoms with E-state index in [4.69, 9.17) is 5.73 Å². The Morgan fingerprint density at radius 3 is 2.56 bits per heavy atom. The fraction of sp³-hybridized carbons (Fsp3) is 0.500. The number of halogens is 1. The Labute approximate surface area is 108 Å². The van der Waals surface area contributed by atoms with Gasteiger partial charge in [0.15, 0.2) is 0 Å². The number of carbonyl (C=O) groups is 1. The number of hydrogen-bond acceptors (Lipinski definition) is 2. The average molecular weight is 252 g/mol. The zero-order valence-corrected chi connectivity index (χ0v) is 11.5. The highest BCUT2D eigenvalue weighted by Gasteiger charge is 2.28. The normalized spacial score (nSPS) is 11.4. The van der Waals surface area contributed by atoms with E-state index in [0.717, 1.165) is 5.56 Å². The second-order valence-electron chi connectivity index (χ2n) is 5.33. The number of nitrogens with two attached hydrogens (primary N) is 1. The molecule has 1 rings (SSSR count). The second kappa shape index (κ2) is 5.48. The summed E-state index contributed by atoms with van der Waals surface area (Å²) < 4.78 is 13.1. The summed E-state index contributed by atoms with van der Waals surface area (Å²) >= 11 is 0. The van der Waals surface area contributed by atoms with Crippen LogP contribution in [0.4, 0.5) is 4.39 Å². The summed E-state index contributed by atoms with van der Waals surface area (Å²) in [5.41, 5.74) is 6.52. The molecule has 0 aliphatic rings. The molecule has 0 radical (unpaired) electrons. The van der Waals surface area contributed by atoms with Crippen molar-refractivity contribution in [3.8, 4) is 0 Å². The van der Waals surface area contributed by atoms with Crippen molar-refractivity contribution in [2.24, 2.45) is 11.1 Å². The molecule has 18 heavy (non-hydrogen) atoms. The van der Waals surface area contributed by atoms with Gasteiger partial charge in [0.1, 0.15) is 5.82 Å². The zero-order chi connectivity index (χ0) is 13.9. The van der Waals surface area contributed by atoms with Gasteiger partial charge in [-0.05, 0) is 38.0 Å². The van der Waals surface area contributed by atoms with Crippen molar-refractivity contribution < 1.29 is 9.18 Å². The third-order valence-electron chi connectivity index (χ3n) is 3.08. The van der Waals surface area contributed by atoms with E-state index in [1.165, 1.54) is 6.07 Å². The van der Waals surface area contributed by atoms with E-state index < -0.39 is 5.41 Å². The van der Waals surface area contributed by atoms with Gasteiger partial charge in [-0.2, -0.15) is 0 Å². The van der Waals surface area contributed by atoms with Crippen LogP contribution in [0.15, 0.2) is 18.2 Å². The molecule has 2 N–H and O–H groups in total. The Balaban J connectivity index is 2.78. The first-order chi connectivity index (χ1) is 8.27. The minimum atomic E-state index is -0.566. The number of hydrogen-bond donors (Lipinski definition) is 1. The molecule has 0 heterocycles. The summed E-state index contributed by atoms with van der Waals surface area (Å²) in [6.07, 6.45) is 0. The summed E-state index contributed by atoms with van der Waals surface area (Å²) in [7, 11) is 1.73. The van der Waals surface area contributed by atoms with E-state index in [-0.39, 0.29) is 11.7 Å². The number of amides is 1. The smallest absolute Gasteiger partial charge is 0.229 e. The van der Waals surface area contributed by atoms with Crippen molar-refractivity contribution in [3.05, 3.63) is 35.1 Å². The molecule has 1 aromatic carbocycles. The molecule has 0 unspecified atom stereocenters. The first kappa shape index (κ1) is 14.6. The molecule has 0 aromatic heterocycles. The van der Waals surface area contributed by atoms with Crippen LogP contribution in [0, 0.1) is 18.2 Å². The number of nitrogens with zero attached hydrogens (tertiary/aromatic N) is 1. The lowest BCUT2D eigenvalue weighted by Crippen LogP contribution is -2.42. The van der Waals surface area contributed by atoms with Crippen LogP contribution < -0.4 is 5.73 Å². The highest BCUT2D eigenvalue weighted by atomic mass is 19.1. The summed E-state index contributed by atoms with van der Waals surface area (Å²) in [5, 5.41) is 0. The molecule has 0 atom stereocenters. The van der Waals surface area contributed by atoms with Crippen LogP contribution in [0.5, 0.6) is 0 Å². The van der Waals surface area contributed by atoms with E-state index in [9.17, 15) is 9.18 Å². The molecule has 0 bridgehead atoms. The van der Waals surface area contributed by atoms with Crippen LogP contribution in [0.2, 0.25) is 0 Å². The predicted octanol–water partition coefficient (Wildman–Crippen LogP) is 2.08. The van der Waals surface area contributed by atoms with E-state index >= 15 is 0 Å². The van der Waals surface area contributed by atoms with E-state index in [2.05, 4.69) is 0 Å². The van der Waals surface area contributed by atoms with Crippen LogP contribution >= 0.6 is 0 Å². The molecule has 1 amide bonds. The predicted molar refractivity (Wildman–Crippen MR) is 70.4 cm³/mol. The molecule has 100 valence electrons. The van der Waals surface area contributed by atoms with Gasteiger partial charge in [-0.3, -0.25) is 4.79 Å². The Kier molecular flexibility index (Phi) is 4.46. The van der Waals surface area contributed by atoms with Gasteiger partial charge in [0, 0.05) is 20.1 Å². The minimum absolute atomic E-state index is 0.00743.